The molecule has 1 aliphatic heterocycles. The van der Waals surface area contributed by atoms with E-state index in [0.29, 0.717) is 0 Å². The minimum Gasteiger partial charge on any atom is -0.466 e. The van der Waals surface area contributed by atoms with E-state index in [1.165, 1.54) is 12.1 Å². The summed E-state index contributed by atoms with van der Waals surface area (Å²) in [5.41, 5.74) is 0.734. The minimum atomic E-state index is -0.559. The average molecular weight is 351 g/mol. The standard InChI is InChI=1S/C19H26FNO4/c1-5-24-18(22)15-11(3)21-12(4)16(19(23)25-6-2)17(15)13-7-9-14(20)10-8-13/h7-12,15-17,21H,5-6H2,1-4H3/t11-,12+,15+,16-,17?. The molecule has 1 aromatic rings. The largest absolute Gasteiger partial charge is 0.466 e. The molecule has 1 heterocycles. The van der Waals surface area contributed by atoms with Crippen molar-refractivity contribution >= 4 is 11.9 Å². The van der Waals surface area contributed by atoms with Gasteiger partial charge in [0.05, 0.1) is 25.0 Å². The summed E-state index contributed by atoms with van der Waals surface area (Å²) in [6.45, 7) is 7.82. The molecule has 1 fully saturated rings. The van der Waals surface area contributed by atoms with Gasteiger partial charge in [-0.2, -0.15) is 0 Å². The Morgan fingerprint density at radius 1 is 0.960 bits per heavy atom. The molecule has 0 saturated carbocycles. The molecule has 1 aromatic carbocycles. The maximum Gasteiger partial charge on any atom is 0.311 e. The number of carbonyl (C=O) groups excluding carboxylic acids is 2. The third kappa shape index (κ3) is 4.18. The maximum atomic E-state index is 13.4. The molecule has 0 aromatic heterocycles. The van der Waals surface area contributed by atoms with Gasteiger partial charge in [-0.3, -0.25) is 9.59 Å². The molecule has 5 nitrogen and oxygen atoms in total. The summed E-state index contributed by atoms with van der Waals surface area (Å²) in [6, 6.07) is 5.57. The Balaban J connectivity index is 2.49. The van der Waals surface area contributed by atoms with Crippen molar-refractivity contribution in [3.05, 3.63) is 35.6 Å². The highest BCUT2D eigenvalue weighted by atomic mass is 19.1. The molecular weight excluding hydrogens is 325 g/mol. The van der Waals surface area contributed by atoms with Gasteiger partial charge in [0.25, 0.3) is 0 Å². The van der Waals surface area contributed by atoms with Gasteiger partial charge < -0.3 is 14.8 Å². The van der Waals surface area contributed by atoms with E-state index in [2.05, 4.69) is 5.32 Å². The second-order valence-corrected chi connectivity index (χ2v) is 6.38. The third-order valence-corrected chi connectivity index (χ3v) is 4.75. The predicted octanol–water partition coefficient (Wildman–Crippen LogP) is 2.65. The van der Waals surface area contributed by atoms with Gasteiger partial charge in [0.1, 0.15) is 5.82 Å². The van der Waals surface area contributed by atoms with Crippen molar-refractivity contribution in [3.8, 4) is 0 Å². The Kier molecular flexibility index (Phi) is 6.53. The molecule has 1 unspecified atom stereocenters. The Labute approximate surface area is 147 Å². The Bertz CT molecular complexity index is 574. The molecule has 2 rings (SSSR count). The van der Waals surface area contributed by atoms with Crippen LogP contribution in [0.4, 0.5) is 4.39 Å². The van der Waals surface area contributed by atoms with Gasteiger partial charge in [-0.25, -0.2) is 4.39 Å². The number of hydrogen-bond donors (Lipinski definition) is 1. The van der Waals surface area contributed by atoms with Crippen molar-refractivity contribution in [1.82, 2.24) is 5.32 Å². The number of ether oxygens (including phenoxy) is 2. The van der Waals surface area contributed by atoms with E-state index in [-0.39, 0.29) is 43.1 Å². The number of rotatable bonds is 5. The van der Waals surface area contributed by atoms with Gasteiger partial charge in [-0.05, 0) is 45.4 Å². The van der Waals surface area contributed by atoms with Crippen LogP contribution < -0.4 is 5.32 Å². The van der Waals surface area contributed by atoms with Crippen LogP contribution in [-0.2, 0) is 19.1 Å². The van der Waals surface area contributed by atoms with E-state index in [1.54, 1.807) is 26.0 Å². The van der Waals surface area contributed by atoms with Crippen molar-refractivity contribution in [2.24, 2.45) is 11.8 Å². The summed E-state index contributed by atoms with van der Waals surface area (Å²) in [5, 5.41) is 3.29. The summed E-state index contributed by atoms with van der Waals surface area (Å²) < 4.78 is 23.9. The van der Waals surface area contributed by atoms with Gasteiger partial charge in [0.2, 0.25) is 0 Å². The third-order valence-electron chi connectivity index (χ3n) is 4.75. The molecule has 1 N–H and O–H groups in total. The van der Waals surface area contributed by atoms with Crippen molar-refractivity contribution in [2.45, 2.75) is 45.7 Å². The molecular formula is C19H26FNO4. The maximum absolute atomic E-state index is 13.4. The molecule has 0 bridgehead atoms. The number of nitrogens with one attached hydrogen (secondary N) is 1. The fourth-order valence-electron chi connectivity index (χ4n) is 3.75. The number of esters is 2. The Morgan fingerprint density at radius 2 is 1.40 bits per heavy atom. The smallest absolute Gasteiger partial charge is 0.311 e. The van der Waals surface area contributed by atoms with Crippen molar-refractivity contribution in [3.63, 3.8) is 0 Å². The SMILES string of the molecule is CCOC(=O)[C@@H]1C(c2ccc(F)cc2)[C@H](C(=O)OCC)[C@H](C)N[C@@H]1C. The van der Waals surface area contributed by atoms with E-state index < -0.39 is 17.8 Å². The first-order valence-electron chi connectivity index (χ1n) is 8.75. The molecule has 0 radical (unpaired) electrons. The molecule has 1 saturated heterocycles. The second kappa shape index (κ2) is 8.43. The first-order valence-corrected chi connectivity index (χ1v) is 8.75. The van der Waals surface area contributed by atoms with Gasteiger partial charge in [-0.1, -0.05) is 12.1 Å². The highest BCUT2D eigenvalue weighted by molar-refractivity contribution is 5.80. The number of hydrogen-bond acceptors (Lipinski definition) is 5. The van der Waals surface area contributed by atoms with Crippen LogP contribution >= 0.6 is 0 Å². The van der Waals surface area contributed by atoms with Gasteiger partial charge >= 0.3 is 11.9 Å². The zero-order chi connectivity index (χ0) is 18.6. The predicted molar refractivity (Wildman–Crippen MR) is 91.4 cm³/mol. The normalized spacial score (nSPS) is 29.1. The molecule has 0 aliphatic carbocycles. The minimum absolute atomic E-state index is 0.185. The molecule has 0 spiro atoms. The summed E-state index contributed by atoms with van der Waals surface area (Å²) in [6.07, 6.45) is 0. The van der Waals surface area contributed by atoms with Crippen molar-refractivity contribution in [2.75, 3.05) is 13.2 Å². The zero-order valence-corrected chi connectivity index (χ0v) is 15.1. The first kappa shape index (κ1) is 19.4. The van der Waals surface area contributed by atoms with Crippen LogP contribution in [0.5, 0.6) is 0 Å². The quantitative estimate of drug-likeness (QED) is 0.826. The van der Waals surface area contributed by atoms with Crippen LogP contribution in [0.15, 0.2) is 24.3 Å². The van der Waals surface area contributed by atoms with Crippen LogP contribution in [0.1, 0.15) is 39.2 Å². The van der Waals surface area contributed by atoms with E-state index in [4.69, 9.17) is 9.47 Å². The summed E-state index contributed by atoms with van der Waals surface area (Å²) in [5.74, 6) is -2.65. The van der Waals surface area contributed by atoms with Gasteiger partial charge in [0.15, 0.2) is 0 Å². The lowest BCUT2D eigenvalue weighted by Crippen LogP contribution is -2.58. The Morgan fingerprint density at radius 3 is 1.80 bits per heavy atom. The lowest BCUT2D eigenvalue weighted by molar-refractivity contribution is -0.158. The summed E-state index contributed by atoms with van der Waals surface area (Å²) in [7, 11) is 0. The van der Waals surface area contributed by atoms with Crippen molar-refractivity contribution < 1.29 is 23.5 Å². The average Bonchev–Trinajstić information content (AvgIpc) is 2.55. The van der Waals surface area contributed by atoms with Crippen LogP contribution in [0.25, 0.3) is 0 Å². The second-order valence-electron chi connectivity index (χ2n) is 6.38. The topological polar surface area (TPSA) is 64.6 Å². The molecule has 5 atom stereocenters. The fourth-order valence-corrected chi connectivity index (χ4v) is 3.75. The molecule has 138 valence electrons. The van der Waals surface area contributed by atoms with E-state index in [0.717, 1.165) is 5.56 Å². The van der Waals surface area contributed by atoms with E-state index in [9.17, 15) is 14.0 Å². The monoisotopic (exact) mass is 351 g/mol. The van der Waals surface area contributed by atoms with Gasteiger partial charge in [0, 0.05) is 18.0 Å². The van der Waals surface area contributed by atoms with Crippen LogP contribution in [0, 0.1) is 17.7 Å². The van der Waals surface area contributed by atoms with Gasteiger partial charge in [-0.15, -0.1) is 0 Å². The summed E-state index contributed by atoms with van der Waals surface area (Å²) >= 11 is 0. The van der Waals surface area contributed by atoms with Crippen LogP contribution in [0.2, 0.25) is 0 Å². The Hall–Kier alpha value is -1.95. The number of piperidine rings is 1. The first-order chi connectivity index (χ1) is 11.9. The molecule has 1 aliphatic rings. The molecule has 0 amide bonds. The zero-order valence-electron chi connectivity index (χ0n) is 15.1. The molecule has 6 heteroatoms. The lowest BCUT2D eigenvalue weighted by Gasteiger charge is -2.44. The van der Waals surface area contributed by atoms with Crippen LogP contribution in [0.3, 0.4) is 0 Å². The number of carbonyl (C=O) groups is 2. The lowest BCUT2D eigenvalue weighted by atomic mass is 9.68. The van der Waals surface area contributed by atoms with E-state index >= 15 is 0 Å². The van der Waals surface area contributed by atoms with Crippen molar-refractivity contribution in [1.29, 1.82) is 0 Å². The number of halogens is 1. The van der Waals surface area contributed by atoms with E-state index in [1.807, 2.05) is 13.8 Å². The highest BCUT2D eigenvalue weighted by Gasteiger charge is 2.49. The van der Waals surface area contributed by atoms with Crippen LogP contribution in [-0.4, -0.2) is 37.2 Å². The summed E-state index contributed by atoms with van der Waals surface area (Å²) in [4.78, 5) is 25.2. The number of benzene rings is 1. The fraction of sp³-hybridized carbons (Fsp3) is 0.579. The highest BCUT2D eigenvalue weighted by Crippen LogP contribution is 2.41. The molecule has 25 heavy (non-hydrogen) atoms.